The molecular weight excluding hydrogens is 154 g/mol. The molecular formula is C8H9N3O. The fourth-order valence-corrected chi connectivity index (χ4v) is 1.14. The molecule has 0 spiro atoms. The SMILES string of the molecule is CCc1nc2[nH]c(=O)ccc2[nH]1. The first-order valence-electron chi connectivity index (χ1n) is 3.87. The van der Waals surface area contributed by atoms with Gasteiger partial charge in [0.25, 0.3) is 0 Å². The highest BCUT2D eigenvalue weighted by Gasteiger charge is 1.99. The molecule has 62 valence electrons. The summed E-state index contributed by atoms with van der Waals surface area (Å²) in [6.07, 6.45) is 0.844. The number of hydrogen-bond acceptors (Lipinski definition) is 2. The summed E-state index contributed by atoms with van der Waals surface area (Å²) in [6, 6.07) is 3.22. The van der Waals surface area contributed by atoms with E-state index >= 15 is 0 Å². The molecule has 12 heavy (non-hydrogen) atoms. The Balaban J connectivity index is 2.75. The van der Waals surface area contributed by atoms with Gasteiger partial charge in [-0.3, -0.25) is 4.79 Å². The predicted octanol–water partition coefficient (Wildman–Crippen LogP) is 0.814. The second kappa shape index (κ2) is 2.48. The van der Waals surface area contributed by atoms with Gasteiger partial charge in [0.15, 0.2) is 5.65 Å². The lowest BCUT2D eigenvalue weighted by Gasteiger charge is -1.82. The zero-order valence-corrected chi connectivity index (χ0v) is 6.72. The Labute approximate surface area is 68.7 Å². The van der Waals surface area contributed by atoms with Gasteiger partial charge in [-0.2, -0.15) is 0 Å². The lowest BCUT2D eigenvalue weighted by molar-refractivity contribution is 0.997. The summed E-state index contributed by atoms with van der Waals surface area (Å²) in [7, 11) is 0. The molecule has 4 nitrogen and oxygen atoms in total. The molecule has 4 heteroatoms. The standard InChI is InChI=1S/C8H9N3O/c1-2-6-9-5-3-4-7(12)11-8(5)10-6/h3-4H,2H2,1H3,(H2,9,10,11,12). The zero-order valence-electron chi connectivity index (χ0n) is 6.72. The van der Waals surface area contributed by atoms with Gasteiger partial charge in [-0.1, -0.05) is 6.92 Å². The highest BCUT2D eigenvalue weighted by molar-refractivity contribution is 5.69. The molecule has 0 fully saturated rings. The summed E-state index contributed by atoms with van der Waals surface area (Å²) in [5, 5.41) is 0. The minimum absolute atomic E-state index is 0.114. The lowest BCUT2D eigenvalue weighted by Crippen LogP contribution is -2.01. The number of H-pyrrole nitrogens is 2. The van der Waals surface area contributed by atoms with Crippen molar-refractivity contribution in [3.05, 3.63) is 28.3 Å². The molecule has 0 atom stereocenters. The Morgan fingerprint density at radius 2 is 2.25 bits per heavy atom. The van der Waals surface area contributed by atoms with Crippen molar-refractivity contribution in [3.63, 3.8) is 0 Å². The third kappa shape index (κ3) is 1.01. The van der Waals surface area contributed by atoms with Gasteiger partial charge in [0.05, 0.1) is 5.52 Å². The first kappa shape index (κ1) is 7.09. The van der Waals surface area contributed by atoms with Gasteiger partial charge in [-0.05, 0) is 6.07 Å². The van der Waals surface area contributed by atoms with Crippen LogP contribution in [0.2, 0.25) is 0 Å². The van der Waals surface area contributed by atoms with E-state index in [1.807, 2.05) is 6.92 Å². The van der Waals surface area contributed by atoms with Crippen LogP contribution in [0.1, 0.15) is 12.7 Å². The summed E-state index contributed by atoms with van der Waals surface area (Å²) in [4.78, 5) is 20.8. The molecule has 0 radical (unpaired) electrons. The number of pyridine rings is 1. The van der Waals surface area contributed by atoms with E-state index in [9.17, 15) is 4.79 Å². The van der Waals surface area contributed by atoms with Crippen molar-refractivity contribution in [1.82, 2.24) is 15.0 Å². The molecule has 2 rings (SSSR count). The van der Waals surface area contributed by atoms with E-state index in [0.717, 1.165) is 17.8 Å². The normalized spacial score (nSPS) is 10.8. The third-order valence-corrected chi connectivity index (χ3v) is 1.76. The van der Waals surface area contributed by atoms with Crippen LogP contribution in [-0.2, 0) is 6.42 Å². The van der Waals surface area contributed by atoms with Crippen molar-refractivity contribution in [2.75, 3.05) is 0 Å². The first-order valence-corrected chi connectivity index (χ1v) is 3.87. The minimum Gasteiger partial charge on any atom is -0.341 e. The number of fused-ring (bicyclic) bond motifs is 1. The van der Waals surface area contributed by atoms with Crippen molar-refractivity contribution in [3.8, 4) is 0 Å². The average Bonchev–Trinajstić information content (AvgIpc) is 2.46. The number of nitrogens with zero attached hydrogens (tertiary/aromatic N) is 1. The smallest absolute Gasteiger partial charge is 0.249 e. The quantitative estimate of drug-likeness (QED) is 0.653. The lowest BCUT2D eigenvalue weighted by atomic mass is 10.4. The maximum atomic E-state index is 10.9. The molecule has 0 aliphatic rings. The maximum absolute atomic E-state index is 10.9. The average molecular weight is 163 g/mol. The van der Waals surface area contributed by atoms with Gasteiger partial charge in [-0.25, -0.2) is 4.98 Å². The summed E-state index contributed by atoms with van der Waals surface area (Å²) in [5.41, 5.74) is 1.41. The zero-order chi connectivity index (χ0) is 8.55. The third-order valence-electron chi connectivity index (χ3n) is 1.76. The molecule has 2 aromatic rings. The topological polar surface area (TPSA) is 61.5 Å². The van der Waals surface area contributed by atoms with E-state index in [0.29, 0.717) is 5.65 Å². The Morgan fingerprint density at radius 3 is 3.00 bits per heavy atom. The highest BCUT2D eigenvalue weighted by Crippen LogP contribution is 2.05. The van der Waals surface area contributed by atoms with E-state index in [1.165, 1.54) is 6.07 Å². The Morgan fingerprint density at radius 1 is 1.42 bits per heavy atom. The summed E-state index contributed by atoms with van der Waals surface area (Å²) in [6.45, 7) is 2.01. The van der Waals surface area contributed by atoms with Crippen molar-refractivity contribution in [2.24, 2.45) is 0 Å². The molecule has 0 saturated heterocycles. The van der Waals surface area contributed by atoms with Crippen LogP contribution < -0.4 is 5.56 Å². The van der Waals surface area contributed by atoms with Crippen LogP contribution in [0.3, 0.4) is 0 Å². The molecule has 0 amide bonds. The van der Waals surface area contributed by atoms with Crippen molar-refractivity contribution in [2.45, 2.75) is 13.3 Å². The summed E-state index contributed by atoms with van der Waals surface area (Å²) < 4.78 is 0. The van der Waals surface area contributed by atoms with Crippen LogP contribution in [0, 0.1) is 0 Å². The molecule has 2 aromatic heterocycles. The van der Waals surface area contributed by atoms with Crippen LogP contribution in [0.5, 0.6) is 0 Å². The molecule has 0 aliphatic heterocycles. The fourth-order valence-electron chi connectivity index (χ4n) is 1.14. The number of aryl methyl sites for hydroxylation is 1. The van der Waals surface area contributed by atoms with Crippen molar-refractivity contribution in [1.29, 1.82) is 0 Å². The number of aromatic nitrogens is 3. The van der Waals surface area contributed by atoms with Gasteiger partial charge in [-0.15, -0.1) is 0 Å². The fraction of sp³-hybridized carbons (Fsp3) is 0.250. The number of aromatic amines is 2. The molecule has 2 heterocycles. The minimum atomic E-state index is -0.114. The van der Waals surface area contributed by atoms with Gasteiger partial charge < -0.3 is 9.97 Å². The predicted molar refractivity (Wildman–Crippen MR) is 46.1 cm³/mol. The van der Waals surface area contributed by atoms with E-state index in [1.54, 1.807) is 6.07 Å². The van der Waals surface area contributed by atoms with Crippen LogP contribution in [-0.4, -0.2) is 15.0 Å². The second-order valence-corrected chi connectivity index (χ2v) is 2.62. The number of rotatable bonds is 1. The van der Waals surface area contributed by atoms with Crippen molar-refractivity contribution < 1.29 is 0 Å². The molecule has 0 bridgehead atoms. The van der Waals surface area contributed by atoms with Crippen LogP contribution >= 0.6 is 0 Å². The molecule has 2 N–H and O–H groups in total. The van der Waals surface area contributed by atoms with Crippen LogP contribution in [0.25, 0.3) is 11.2 Å². The van der Waals surface area contributed by atoms with E-state index in [4.69, 9.17) is 0 Å². The Bertz CT molecular complexity index is 455. The van der Waals surface area contributed by atoms with Gasteiger partial charge in [0.1, 0.15) is 5.82 Å². The van der Waals surface area contributed by atoms with Gasteiger partial charge in [0.2, 0.25) is 5.56 Å². The molecule has 0 unspecified atom stereocenters. The van der Waals surface area contributed by atoms with E-state index < -0.39 is 0 Å². The van der Waals surface area contributed by atoms with Gasteiger partial charge in [0, 0.05) is 12.5 Å². The monoisotopic (exact) mass is 163 g/mol. The number of hydrogen-bond donors (Lipinski definition) is 2. The number of imidazole rings is 1. The van der Waals surface area contributed by atoms with Crippen molar-refractivity contribution >= 4 is 11.2 Å². The molecule has 0 aromatic carbocycles. The summed E-state index contributed by atoms with van der Waals surface area (Å²) >= 11 is 0. The Kier molecular flexibility index (Phi) is 1.46. The van der Waals surface area contributed by atoms with E-state index in [2.05, 4.69) is 15.0 Å². The second-order valence-electron chi connectivity index (χ2n) is 2.62. The molecule has 0 aliphatic carbocycles. The summed E-state index contributed by atoms with van der Waals surface area (Å²) in [5.74, 6) is 0.895. The van der Waals surface area contributed by atoms with Gasteiger partial charge >= 0.3 is 0 Å². The molecule has 0 saturated carbocycles. The maximum Gasteiger partial charge on any atom is 0.249 e. The van der Waals surface area contributed by atoms with E-state index in [-0.39, 0.29) is 5.56 Å². The number of nitrogens with one attached hydrogen (secondary N) is 2. The largest absolute Gasteiger partial charge is 0.341 e. The Hall–Kier alpha value is -1.58. The highest BCUT2D eigenvalue weighted by atomic mass is 16.1. The first-order chi connectivity index (χ1) is 5.79. The van der Waals surface area contributed by atoms with Crippen LogP contribution in [0.4, 0.5) is 0 Å². The van der Waals surface area contributed by atoms with Crippen LogP contribution in [0.15, 0.2) is 16.9 Å².